The second-order valence-electron chi connectivity index (χ2n) is 3.59. The minimum absolute atomic E-state index is 0.0551. The molecule has 1 aromatic carbocycles. The summed E-state index contributed by atoms with van der Waals surface area (Å²) in [5.41, 5.74) is 0.670. The zero-order valence-corrected chi connectivity index (χ0v) is 9.75. The first-order valence-electron chi connectivity index (χ1n) is 5.29. The maximum absolute atomic E-state index is 11.0. The quantitative estimate of drug-likeness (QED) is 0.808. The van der Waals surface area contributed by atoms with Gasteiger partial charge in [0.05, 0.1) is 7.11 Å². The average Bonchev–Trinajstić information content (AvgIpc) is 2.39. The molecule has 0 unspecified atom stereocenters. The lowest BCUT2D eigenvalue weighted by Crippen LogP contribution is -2.09. The van der Waals surface area contributed by atoms with Crippen molar-refractivity contribution in [3.63, 3.8) is 0 Å². The van der Waals surface area contributed by atoms with Gasteiger partial charge in [-0.15, -0.1) is 0 Å². The summed E-state index contributed by atoms with van der Waals surface area (Å²) in [5.74, 6) is 0.767. The van der Waals surface area contributed by atoms with E-state index in [1.807, 2.05) is 0 Å². The number of nitrogens with zero attached hydrogens (tertiary/aromatic N) is 1. The number of aromatic amines is 1. The van der Waals surface area contributed by atoms with Gasteiger partial charge in [-0.2, -0.15) is 0 Å². The van der Waals surface area contributed by atoms with Gasteiger partial charge >= 0.3 is 5.69 Å². The summed E-state index contributed by atoms with van der Waals surface area (Å²) < 4.78 is 5.03. The molecule has 5 nitrogen and oxygen atoms in total. The van der Waals surface area contributed by atoms with Crippen LogP contribution in [-0.2, 0) is 0 Å². The van der Waals surface area contributed by atoms with Gasteiger partial charge in [-0.25, -0.2) is 9.78 Å². The molecule has 0 amide bonds. The summed E-state index contributed by atoms with van der Waals surface area (Å²) in [6, 6.07) is 8.54. The predicted molar refractivity (Wildman–Crippen MR) is 68.4 cm³/mol. The van der Waals surface area contributed by atoms with Crippen molar-refractivity contribution >= 4 is 11.8 Å². The first-order valence-corrected chi connectivity index (χ1v) is 5.29. The molecule has 0 fully saturated rings. The highest BCUT2D eigenvalue weighted by Crippen LogP contribution is 2.18. The molecule has 0 aliphatic rings. The predicted octanol–water partition coefficient (Wildman–Crippen LogP) is 1.83. The van der Waals surface area contributed by atoms with Crippen molar-refractivity contribution in [3.8, 4) is 5.75 Å². The van der Waals surface area contributed by atoms with Crippen molar-refractivity contribution in [1.29, 1.82) is 0 Å². The smallest absolute Gasteiger partial charge is 0.345 e. The van der Waals surface area contributed by atoms with E-state index in [0.717, 1.165) is 0 Å². The molecule has 0 radical (unpaired) electrons. The summed E-state index contributed by atoms with van der Waals surface area (Å²) in [7, 11) is 1.58. The molecule has 1 aromatic heterocycles. The van der Waals surface area contributed by atoms with E-state index < -0.39 is 5.69 Å². The monoisotopic (exact) mass is 244 g/mol. The number of aliphatic hydroxyl groups is 1. The van der Waals surface area contributed by atoms with E-state index in [1.165, 1.54) is 12.3 Å². The van der Waals surface area contributed by atoms with Crippen LogP contribution in [0.4, 0.5) is 0 Å². The summed E-state index contributed by atoms with van der Waals surface area (Å²) in [5, 5.41) is 9.91. The lowest BCUT2D eigenvalue weighted by atomic mass is 10.1. The van der Waals surface area contributed by atoms with Gasteiger partial charge in [-0.3, -0.25) is 0 Å². The number of aromatic nitrogens is 2. The van der Waals surface area contributed by atoms with Crippen LogP contribution in [0.3, 0.4) is 0 Å². The highest BCUT2D eigenvalue weighted by molar-refractivity contribution is 5.75. The second kappa shape index (κ2) is 5.18. The van der Waals surface area contributed by atoms with Gasteiger partial charge in [0.25, 0.3) is 0 Å². The Morgan fingerprint density at radius 2 is 2.06 bits per heavy atom. The lowest BCUT2D eigenvalue weighted by molar-refractivity contribution is 0.414. The second-order valence-corrected chi connectivity index (χ2v) is 3.59. The molecule has 1 heterocycles. The number of benzene rings is 1. The van der Waals surface area contributed by atoms with Gasteiger partial charge in [-0.1, -0.05) is 0 Å². The average molecular weight is 244 g/mol. The Bertz CT molecular complexity index is 615. The molecule has 0 aliphatic heterocycles. The number of H-pyrrole nitrogens is 1. The van der Waals surface area contributed by atoms with Gasteiger partial charge in [0.2, 0.25) is 0 Å². The third-order valence-electron chi connectivity index (χ3n) is 2.38. The number of nitrogens with one attached hydrogen (secondary N) is 1. The molecule has 5 heteroatoms. The van der Waals surface area contributed by atoms with Crippen molar-refractivity contribution in [1.82, 2.24) is 9.97 Å². The van der Waals surface area contributed by atoms with Crippen molar-refractivity contribution in [2.75, 3.05) is 7.11 Å². The summed E-state index contributed by atoms with van der Waals surface area (Å²) in [6.45, 7) is 0. The number of rotatable bonds is 3. The maximum Gasteiger partial charge on any atom is 0.345 e. The van der Waals surface area contributed by atoms with E-state index >= 15 is 0 Å². The van der Waals surface area contributed by atoms with Crippen molar-refractivity contribution < 1.29 is 9.84 Å². The Kier molecular flexibility index (Phi) is 3.43. The van der Waals surface area contributed by atoms with Crippen molar-refractivity contribution in [3.05, 3.63) is 58.3 Å². The summed E-state index contributed by atoms with van der Waals surface area (Å²) in [6.07, 6.45) is 2.84. The molecule has 0 aliphatic carbocycles. The Labute approximate surface area is 103 Å². The molecule has 0 saturated carbocycles. The van der Waals surface area contributed by atoms with Crippen LogP contribution in [0.25, 0.3) is 11.8 Å². The van der Waals surface area contributed by atoms with E-state index in [-0.39, 0.29) is 5.76 Å². The standard InChI is InChI=1S/C13H12N2O3/c1-18-11-4-2-9(3-5-11)12(16)8-10-6-7-14-13(17)15-10/h2-8,16H,1H3,(H,14,15,17). The van der Waals surface area contributed by atoms with Crippen molar-refractivity contribution in [2.24, 2.45) is 0 Å². The fraction of sp³-hybridized carbons (Fsp3) is 0.0769. The zero-order chi connectivity index (χ0) is 13.0. The fourth-order valence-electron chi connectivity index (χ4n) is 1.46. The SMILES string of the molecule is COc1ccc(C(O)=Cc2ccnc(=O)[nH]2)cc1. The van der Waals surface area contributed by atoms with Crippen LogP contribution < -0.4 is 10.4 Å². The third kappa shape index (κ3) is 2.76. The number of hydrogen-bond donors (Lipinski definition) is 2. The van der Waals surface area contributed by atoms with Gasteiger partial charge in [-0.05, 0) is 30.3 Å². The van der Waals surface area contributed by atoms with Crippen LogP contribution >= 0.6 is 0 Å². The van der Waals surface area contributed by atoms with Crippen LogP contribution in [0, 0.1) is 0 Å². The van der Waals surface area contributed by atoms with E-state index in [0.29, 0.717) is 17.0 Å². The van der Waals surface area contributed by atoms with Crippen LogP contribution in [0.2, 0.25) is 0 Å². The molecule has 2 rings (SSSR count). The molecule has 0 bridgehead atoms. The van der Waals surface area contributed by atoms with E-state index in [2.05, 4.69) is 9.97 Å². The van der Waals surface area contributed by atoms with E-state index in [1.54, 1.807) is 37.4 Å². The Morgan fingerprint density at radius 1 is 1.33 bits per heavy atom. The van der Waals surface area contributed by atoms with Gasteiger partial charge in [0, 0.05) is 23.5 Å². The largest absolute Gasteiger partial charge is 0.507 e. The van der Waals surface area contributed by atoms with E-state index in [4.69, 9.17) is 4.74 Å². The summed E-state index contributed by atoms with van der Waals surface area (Å²) >= 11 is 0. The van der Waals surface area contributed by atoms with Crippen LogP contribution in [0.5, 0.6) is 5.75 Å². The highest BCUT2D eigenvalue weighted by Gasteiger charge is 2.00. The molecular weight excluding hydrogens is 232 g/mol. The van der Waals surface area contributed by atoms with Crippen LogP contribution in [0.1, 0.15) is 11.3 Å². The van der Waals surface area contributed by atoms with Crippen molar-refractivity contribution in [2.45, 2.75) is 0 Å². The molecule has 2 N–H and O–H groups in total. The number of hydrogen-bond acceptors (Lipinski definition) is 4. The molecule has 0 atom stereocenters. The molecular formula is C13H12N2O3. The first-order chi connectivity index (χ1) is 8.69. The molecule has 92 valence electrons. The fourth-order valence-corrected chi connectivity index (χ4v) is 1.46. The Hall–Kier alpha value is -2.56. The van der Waals surface area contributed by atoms with Crippen LogP contribution in [-0.4, -0.2) is 22.2 Å². The minimum atomic E-state index is -0.453. The number of aliphatic hydroxyl groups excluding tert-OH is 1. The maximum atomic E-state index is 11.0. The normalized spacial score (nSPS) is 11.3. The zero-order valence-electron chi connectivity index (χ0n) is 9.75. The molecule has 0 spiro atoms. The van der Waals surface area contributed by atoms with Gasteiger partial charge < -0.3 is 14.8 Å². The topological polar surface area (TPSA) is 75.2 Å². The van der Waals surface area contributed by atoms with Crippen LogP contribution in [0.15, 0.2) is 41.3 Å². The molecule has 18 heavy (non-hydrogen) atoms. The lowest BCUT2D eigenvalue weighted by Gasteiger charge is -2.02. The highest BCUT2D eigenvalue weighted by atomic mass is 16.5. The van der Waals surface area contributed by atoms with Gasteiger partial charge in [0.15, 0.2) is 0 Å². The van der Waals surface area contributed by atoms with Gasteiger partial charge in [0.1, 0.15) is 11.5 Å². The Morgan fingerprint density at radius 3 is 2.67 bits per heavy atom. The van der Waals surface area contributed by atoms with E-state index in [9.17, 15) is 9.90 Å². The number of methoxy groups -OCH3 is 1. The third-order valence-corrected chi connectivity index (χ3v) is 2.38. The molecule has 0 saturated heterocycles. The first kappa shape index (κ1) is 11.9. The minimum Gasteiger partial charge on any atom is -0.507 e. The summed E-state index contributed by atoms with van der Waals surface area (Å²) in [4.78, 5) is 17.0. The number of ether oxygens (including phenoxy) is 1. The molecule has 2 aromatic rings. The Balaban J connectivity index is 2.29.